The summed E-state index contributed by atoms with van der Waals surface area (Å²) in [7, 11) is -4.60. The van der Waals surface area contributed by atoms with E-state index in [1.807, 2.05) is 0 Å². The monoisotopic (exact) mass is 821 g/mol. The number of carbonyl (C=O) groups excluding carboxylic acids is 2. The summed E-state index contributed by atoms with van der Waals surface area (Å²) in [5.41, 5.74) is 0. The van der Waals surface area contributed by atoms with Gasteiger partial charge >= 0.3 is 11.9 Å². The van der Waals surface area contributed by atoms with Crippen LogP contribution in [0.4, 0.5) is 0 Å². The van der Waals surface area contributed by atoms with Crippen LogP contribution < -0.4 is 0 Å². The Bertz CT molecular complexity index is 1100. The molecule has 0 saturated carbocycles. The molecule has 12 nitrogen and oxygen atoms in total. The molecule has 1 saturated heterocycles. The van der Waals surface area contributed by atoms with Gasteiger partial charge in [0.2, 0.25) is 0 Å². The zero-order chi connectivity index (χ0) is 41.3. The highest BCUT2D eigenvalue weighted by molar-refractivity contribution is 7.85. The van der Waals surface area contributed by atoms with Gasteiger partial charge in [-0.3, -0.25) is 14.1 Å². The summed E-state index contributed by atoms with van der Waals surface area (Å²) in [5.74, 6) is -1.98. The fourth-order valence-electron chi connectivity index (χ4n) is 6.85. The van der Waals surface area contributed by atoms with Gasteiger partial charge in [-0.2, -0.15) is 8.42 Å². The van der Waals surface area contributed by atoms with Gasteiger partial charge in [-0.15, -0.1) is 0 Å². The Morgan fingerprint density at radius 3 is 1.48 bits per heavy atom. The number of esters is 2. The van der Waals surface area contributed by atoms with Crippen molar-refractivity contribution in [3.8, 4) is 0 Å². The van der Waals surface area contributed by atoms with E-state index in [0.29, 0.717) is 12.8 Å². The fraction of sp³-hybridized carbons (Fsp3) is 0.907. The summed E-state index contributed by atoms with van der Waals surface area (Å²) in [6, 6.07) is 0. The van der Waals surface area contributed by atoms with Crippen LogP contribution in [0.3, 0.4) is 0 Å². The standard InChI is InChI=1S/C43H80O12S/c1-3-5-7-9-11-13-15-17-18-20-22-24-26-28-30-32-39(45)54-36(34-53-43-42(48)41(47)40(46)37(55-43)35-56(49,50)51)33-52-38(44)31-29-27-25-23-21-19-16-14-12-10-8-6-4-2/h17-18,36-37,40-43,46-48H,3-16,19-35H2,1-2H3,(H,49,50,51)/t36?,37-,40-,41+,42-,43+/m1/s1. The number of hydrogen-bond donors (Lipinski definition) is 4. The van der Waals surface area contributed by atoms with Gasteiger partial charge in [0.1, 0.15) is 36.8 Å². The third-order valence-corrected chi connectivity index (χ3v) is 11.1. The maximum Gasteiger partial charge on any atom is 0.306 e. The van der Waals surface area contributed by atoms with Crippen LogP contribution in [0.2, 0.25) is 0 Å². The third kappa shape index (κ3) is 28.7. The maximum absolute atomic E-state index is 12.8. The summed E-state index contributed by atoms with van der Waals surface area (Å²) in [5, 5.41) is 30.8. The first-order chi connectivity index (χ1) is 27.0. The van der Waals surface area contributed by atoms with E-state index in [0.717, 1.165) is 57.8 Å². The highest BCUT2D eigenvalue weighted by atomic mass is 32.2. The number of hydrogen-bond acceptors (Lipinski definition) is 11. The number of ether oxygens (including phenoxy) is 4. The zero-order valence-corrected chi connectivity index (χ0v) is 35.8. The molecule has 1 rings (SSSR count). The number of aliphatic hydroxyl groups excluding tert-OH is 3. The Hall–Kier alpha value is -1.61. The molecule has 56 heavy (non-hydrogen) atoms. The smallest absolute Gasteiger partial charge is 0.306 e. The summed E-state index contributed by atoms with van der Waals surface area (Å²) in [4.78, 5) is 25.3. The van der Waals surface area contributed by atoms with Crippen LogP contribution in [0, 0.1) is 0 Å². The average molecular weight is 821 g/mol. The van der Waals surface area contributed by atoms with Crippen molar-refractivity contribution in [2.75, 3.05) is 19.0 Å². The van der Waals surface area contributed by atoms with E-state index in [1.54, 1.807) is 0 Å². The minimum Gasteiger partial charge on any atom is -0.462 e. The molecule has 1 heterocycles. The van der Waals surface area contributed by atoms with Crippen molar-refractivity contribution in [3.05, 3.63) is 12.2 Å². The van der Waals surface area contributed by atoms with Gasteiger partial charge < -0.3 is 34.3 Å². The molecule has 13 heteroatoms. The lowest BCUT2D eigenvalue weighted by Crippen LogP contribution is -2.60. The van der Waals surface area contributed by atoms with E-state index >= 15 is 0 Å². The van der Waals surface area contributed by atoms with Gasteiger partial charge in [0.05, 0.1) is 6.61 Å². The van der Waals surface area contributed by atoms with Crippen molar-refractivity contribution < 1.29 is 56.8 Å². The van der Waals surface area contributed by atoms with Gasteiger partial charge in [-0.05, 0) is 38.5 Å². The molecule has 0 aromatic rings. The Balaban J connectivity index is 2.46. The fourth-order valence-corrected chi connectivity index (χ4v) is 7.54. The Kier molecular flexibility index (Phi) is 32.1. The van der Waals surface area contributed by atoms with Gasteiger partial charge in [0, 0.05) is 12.8 Å². The molecule has 330 valence electrons. The molecule has 1 unspecified atom stereocenters. The first-order valence-corrected chi connectivity index (χ1v) is 23.9. The molecule has 1 fully saturated rings. The van der Waals surface area contributed by atoms with Crippen molar-refractivity contribution in [2.45, 2.75) is 230 Å². The third-order valence-electron chi connectivity index (χ3n) is 10.3. The van der Waals surface area contributed by atoms with E-state index in [2.05, 4.69) is 26.0 Å². The summed E-state index contributed by atoms with van der Waals surface area (Å²) in [6.45, 7) is 3.75. The lowest BCUT2D eigenvalue weighted by Gasteiger charge is -2.40. The summed E-state index contributed by atoms with van der Waals surface area (Å²) in [6.07, 6.45) is 25.4. The molecule has 1 aliphatic heterocycles. The first-order valence-electron chi connectivity index (χ1n) is 22.2. The van der Waals surface area contributed by atoms with Crippen LogP contribution >= 0.6 is 0 Å². The van der Waals surface area contributed by atoms with Crippen molar-refractivity contribution in [1.29, 1.82) is 0 Å². The Morgan fingerprint density at radius 1 is 0.589 bits per heavy atom. The van der Waals surface area contributed by atoms with Crippen LogP contribution in [0.15, 0.2) is 12.2 Å². The average Bonchev–Trinajstić information content (AvgIpc) is 3.16. The molecule has 0 radical (unpaired) electrons. The zero-order valence-electron chi connectivity index (χ0n) is 35.0. The largest absolute Gasteiger partial charge is 0.462 e. The minimum atomic E-state index is -4.60. The Morgan fingerprint density at radius 2 is 1.02 bits per heavy atom. The first kappa shape index (κ1) is 52.4. The second kappa shape index (κ2) is 34.3. The molecule has 0 bridgehead atoms. The van der Waals surface area contributed by atoms with E-state index in [-0.39, 0.29) is 19.4 Å². The van der Waals surface area contributed by atoms with Gasteiger partial charge in [0.15, 0.2) is 12.4 Å². The molecule has 1 aliphatic rings. The van der Waals surface area contributed by atoms with Crippen molar-refractivity contribution >= 4 is 22.1 Å². The van der Waals surface area contributed by atoms with Crippen molar-refractivity contribution in [2.24, 2.45) is 0 Å². The van der Waals surface area contributed by atoms with Gasteiger partial charge in [0.25, 0.3) is 10.1 Å². The molecular formula is C43H80O12S. The predicted octanol–water partition coefficient (Wildman–Crippen LogP) is 8.67. The summed E-state index contributed by atoms with van der Waals surface area (Å²) < 4.78 is 54.0. The highest BCUT2D eigenvalue weighted by Crippen LogP contribution is 2.24. The van der Waals surface area contributed by atoms with E-state index in [4.69, 9.17) is 18.9 Å². The molecule has 0 spiro atoms. The minimum absolute atomic E-state index is 0.158. The number of carbonyl (C=O) groups is 2. The second-order valence-corrected chi connectivity index (χ2v) is 17.2. The van der Waals surface area contributed by atoms with Crippen LogP contribution in [-0.4, -0.2) is 96.0 Å². The normalized spacial score (nSPS) is 20.7. The van der Waals surface area contributed by atoms with Gasteiger partial charge in [-0.25, -0.2) is 0 Å². The number of unbranched alkanes of at least 4 members (excludes halogenated alkanes) is 23. The quantitative estimate of drug-likeness (QED) is 0.0203. The number of rotatable bonds is 37. The van der Waals surface area contributed by atoms with Gasteiger partial charge in [-0.1, -0.05) is 154 Å². The molecule has 0 aromatic carbocycles. The SMILES string of the molecule is CCCCCCCCC=CCCCCCCCC(=O)OC(COC(=O)CCCCCCCCCCCCCCC)CO[C@H]1O[C@H](CS(=O)(=O)O)[C@@H](O)[C@H](O)[C@H]1O. The van der Waals surface area contributed by atoms with Crippen molar-refractivity contribution in [1.82, 2.24) is 0 Å². The molecule has 6 atom stereocenters. The second-order valence-electron chi connectivity index (χ2n) is 15.7. The van der Waals surface area contributed by atoms with Crippen LogP contribution in [0.5, 0.6) is 0 Å². The topological polar surface area (TPSA) is 186 Å². The molecular weight excluding hydrogens is 741 g/mol. The molecule has 0 aliphatic carbocycles. The summed E-state index contributed by atoms with van der Waals surface area (Å²) >= 11 is 0. The maximum atomic E-state index is 12.8. The molecule has 4 N–H and O–H groups in total. The van der Waals surface area contributed by atoms with Crippen LogP contribution in [0.25, 0.3) is 0 Å². The van der Waals surface area contributed by atoms with Crippen LogP contribution in [-0.2, 0) is 38.7 Å². The lowest BCUT2D eigenvalue weighted by atomic mass is 10.00. The van der Waals surface area contributed by atoms with E-state index in [9.17, 15) is 37.9 Å². The lowest BCUT2D eigenvalue weighted by molar-refractivity contribution is -0.297. The van der Waals surface area contributed by atoms with Crippen molar-refractivity contribution in [3.63, 3.8) is 0 Å². The predicted molar refractivity (Wildman–Crippen MR) is 220 cm³/mol. The Labute approximate surface area is 339 Å². The molecule has 0 aromatic heterocycles. The van der Waals surface area contributed by atoms with Crippen LogP contribution in [0.1, 0.15) is 194 Å². The highest BCUT2D eigenvalue weighted by Gasteiger charge is 2.46. The van der Waals surface area contributed by atoms with E-state index < -0.39 is 71.2 Å². The molecule has 0 amide bonds. The number of aliphatic hydroxyl groups is 3. The number of allylic oxidation sites excluding steroid dienone is 2. The van der Waals surface area contributed by atoms with E-state index in [1.165, 1.54) is 96.3 Å².